The number of carbonyl (C=O) groups is 2. The predicted molar refractivity (Wildman–Crippen MR) is 179 cm³/mol. The second-order valence-corrected chi connectivity index (χ2v) is 13.7. The summed E-state index contributed by atoms with van der Waals surface area (Å²) in [4.78, 5) is 35.6. The maximum Gasteiger partial charge on any atom is 0.240 e. The van der Waals surface area contributed by atoms with Crippen LogP contribution in [0.1, 0.15) is 62.5 Å². The van der Waals surface area contributed by atoms with Gasteiger partial charge in [0.15, 0.2) is 0 Å². The van der Waals surface area contributed by atoms with Gasteiger partial charge in [0.2, 0.25) is 22.1 Å². The molecular weight excluding hydrogens is 589 g/mol. The van der Waals surface area contributed by atoms with Gasteiger partial charge in [0.1, 0.15) is 0 Å². The number of rotatable bonds is 6. The number of hydrazine groups is 2. The van der Waals surface area contributed by atoms with Crippen molar-refractivity contribution in [3.63, 3.8) is 0 Å². The average molecular weight is 625 g/mol. The third-order valence-electron chi connectivity index (χ3n) is 8.88. The number of hydrogen-bond acceptors (Lipinski definition) is 8. The Kier molecular flexibility index (Phi) is 8.16. The number of carbonyl (C=O) groups excluding carboxylic acids is 2. The second kappa shape index (κ2) is 12.4. The Hall–Kier alpha value is -3.70. The van der Waals surface area contributed by atoms with Gasteiger partial charge < -0.3 is 0 Å². The summed E-state index contributed by atoms with van der Waals surface area (Å²) in [6, 6.07) is 25.4. The predicted octanol–water partition coefficient (Wildman–Crippen LogP) is 7.20. The minimum absolute atomic E-state index is 0.0300. The van der Waals surface area contributed by atoms with Gasteiger partial charge >= 0.3 is 0 Å². The van der Waals surface area contributed by atoms with Gasteiger partial charge in [0.25, 0.3) is 0 Å². The molecule has 2 aliphatic heterocycles. The second-order valence-electron chi connectivity index (χ2n) is 11.7. The lowest BCUT2D eigenvalue weighted by Gasteiger charge is -2.38. The number of amides is 2. The van der Waals surface area contributed by atoms with E-state index in [1.165, 1.54) is 33.8 Å². The van der Waals surface area contributed by atoms with Crippen molar-refractivity contribution in [1.82, 2.24) is 20.0 Å². The van der Waals surface area contributed by atoms with Crippen LogP contribution in [-0.2, 0) is 9.59 Å². The van der Waals surface area contributed by atoms with Gasteiger partial charge in [-0.3, -0.25) is 9.59 Å². The third kappa shape index (κ3) is 5.75. The summed E-state index contributed by atoms with van der Waals surface area (Å²) in [5, 5.41) is 9.18. The monoisotopic (exact) mass is 624 g/mol. The molecule has 226 valence electrons. The van der Waals surface area contributed by atoms with E-state index in [4.69, 9.17) is 9.97 Å². The van der Waals surface area contributed by atoms with Crippen molar-refractivity contribution in [3.8, 4) is 0 Å². The Labute approximate surface area is 265 Å². The maximum absolute atomic E-state index is 12.9. The standard InChI is InChI=1S/C34H36N6O2S2/c1-23(41)39(37-17-13-27(14-18-37)25-9-5-3-6-10-25)33-35-29-21-30-32(22-31(29)43-33)44-34(36-30)40(24(2)42)38-19-15-28(16-20-38)26-11-7-4-8-12-26/h3-12,21-22,27-28H,13-20H2,1-2H3. The van der Waals surface area contributed by atoms with Gasteiger partial charge in [-0.15, -0.1) is 0 Å². The van der Waals surface area contributed by atoms with Crippen molar-refractivity contribution in [3.05, 3.63) is 83.9 Å². The Balaban J connectivity index is 1.09. The fourth-order valence-electron chi connectivity index (χ4n) is 6.67. The summed E-state index contributed by atoms with van der Waals surface area (Å²) in [6.07, 6.45) is 3.99. The fourth-order valence-corrected chi connectivity index (χ4v) is 8.85. The third-order valence-corrected chi connectivity index (χ3v) is 10.9. The van der Waals surface area contributed by atoms with Crippen molar-refractivity contribution in [2.45, 2.75) is 51.4 Å². The van der Waals surface area contributed by atoms with Crippen LogP contribution in [-0.4, -0.2) is 58.0 Å². The van der Waals surface area contributed by atoms with E-state index in [0.717, 1.165) is 72.3 Å². The van der Waals surface area contributed by atoms with Crippen LogP contribution in [0.15, 0.2) is 72.8 Å². The van der Waals surface area contributed by atoms with Crippen molar-refractivity contribution < 1.29 is 9.59 Å². The Morgan fingerprint density at radius 1 is 0.636 bits per heavy atom. The van der Waals surface area contributed by atoms with Gasteiger partial charge in [-0.2, -0.15) is 0 Å². The lowest BCUT2D eigenvalue weighted by molar-refractivity contribution is -0.120. The van der Waals surface area contributed by atoms with E-state index in [9.17, 15) is 9.59 Å². The van der Waals surface area contributed by atoms with Crippen molar-refractivity contribution in [1.29, 1.82) is 0 Å². The molecule has 0 radical (unpaired) electrons. The van der Waals surface area contributed by atoms with Crippen LogP contribution in [0.5, 0.6) is 0 Å². The number of piperidine rings is 2. The highest BCUT2D eigenvalue weighted by molar-refractivity contribution is 7.24. The Bertz CT molecular complexity index is 1600. The molecule has 8 nitrogen and oxygen atoms in total. The van der Waals surface area contributed by atoms with Crippen LogP contribution in [0.25, 0.3) is 20.4 Å². The molecule has 0 spiro atoms. The largest absolute Gasteiger partial charge is 0.273 e. The summed E-state index contributed by atoms with van der Waals surface area (Å²) in [7, 11) is 0. The molecular formula is C34H36N6O2S2. The maximum atomic E-state index is 12.9. The molecule has 0 aliphatic carbocycles. The highest BCUT2D eigenvalue weighted by Gasteiger charge is 2.31. The number of fused-ring (bicyclic) bond motifs is 2. The number of thiazole rings is 2. The Morgan fingerprint density at radius 2 is 1.02 bits per heavy atom. The minimum atomic E-state index is -0.0300. The van der Waals surface area contributed by atoms with Crippen LogP contribution >= 0.6 is 22.7 Å². The van der Waals surface area contributed by atoms with Crippen molar-refractivity contribution in [2.75, 3.05) is 36.2 Å². The van der Waals surface area contributed by atoms with E-state index >= 15 is 0 Å². The summed E-state index contributed by atoms with van der Waals surface area (Å²) in [5.74, 6) is 0.956. The number of aromatic nitrogens is 2. The lowest BCUT2D eigenvalue weighted by atomic mass is 9.90. The molecule has 44 heavy (non-hydrogen) atoms. The molecule has 2 saturated heterocycles. The molecule has 2 fully saturated rings. The van der Waals surface area contributed by atoms with E-state index in [2.05, 4.69) is 76.7 Å². The summed E-state index contributed by atoms with van der Waals surface area (Å²) in [5.41, 5.74) is 4.37. The number of nitrogens with zero attached hydrogens (tertiary/aromatic N) is 6. The van der Waals surface area contributed by atoms with Gasteiger partial charge in [-0.1, -0.05) is 83.3 Å². The molecule has 4 heterocycles. The first-order chi connectivity index (χ1) is 21.4. The molecule has 0 bridgehead atoms. The lowest BCUT2D eigenvalue weighted by Crippen LogP contribution is -2.49. The van der Waals surface area contributed by atoms with Crippen LogP contribution in [0.4, 0.5) is 10.3 Å². The van der Waals surface area contributed by atoms with Crippen LogP contribution in [0.2, 0.25) is 0 Å². The quantitative estimate of drug-likeness (QED) is 0.199. The van der Waals surface area contributed by atoms with Gasteiger partial charge in [0.05, 0.1) is 20.4 Å². The fraction of sp³-hybridized carbons (Fsp3) is 0.353. The molecule has 2 aliphatic rings. The molecule has 2 amide bonds. The molecule has 3 aromatic carbocycles. The zero-order valence-corrected chi connectivity index (χ0v) is 26.7. The molecule has 7 rings (SSSR count). The highest BCUT2D eigenvalue weighted by atomic mass is 32.1. The molecule has 0 saturated carbocycles. The van der Waals surface area contributed by atoms with Crippen molar-refractivity contribution >= 4 is 65.2 Å². The Morgan fingerprint density at radius 3 is 1.39 bits per heavy atom. The average Bonchev–Trinajstić information content (AvgIpc) is 3.63. The number of hydrogen-bond donors (Lipinski definition) is 0. The van der Waals surface area contributed by atoms with Gasteiger partial charge in [-0.25, -0.2) is 30.0 Å². The zero-order valence-electron chi connectivity index (χ0n) is 25.1. The summed E-state index contributed by atoms with van der Waals surface area (Å²) >= 11 is 3.06. The molecule has 0 atom stereocenters. The van der Waals surface area contributed by atoms with Gasteiger partial charge in [0, 0.05) is 40.0 Å². The minimum Gasteiger partial charge on any atom is -0.273 e. The highest BCUT2D eigenvalue weighted by Crippen LogP contribution is 2.39. The van der Waals surface area contributed by atoms with E-state index < -0.39 is 0 Å². The molecule has 5 aromatic rings. The zero-order chi connectivity index (χ0) is 30.2. The first-order valence-corrected chi connectivity index (χ1v) is 17.0. The molecule has 10 heteroatoms. The number of benzene rings is 3. The molecule has 0 N–H and O–H groups in total. The molecule has 2 aromatic heterocycles. The first-order valence-electron chi connectivity index (χ1n) is 15.4. The first kappa shape index (κ1) is 29.0. The normalized spacial score (nSPS) is 17.3. The van der Waals surface area contributed by atoms with Crippen molar-refractivity contribution in [2.24, 2.45) is 0 Å². The summed E-state index contributed by atoms with van der Waals surface area (Å²) in [6.45, 7) is 6.44. The van der Waals surface area contributed by atoms with Crippen LogP contribution in [0.3, 0.4) is 0 Å². The SMILES string of the molecule is CC(=O)N(c1nc2cc3nc(N(C(C)=O)N4CCC(c5ccccc5)CC4)sc3cc2s1)N1CCC(c2ccccc2)CC1. The number of anilines is 2. The van der Waals surface area contributed by atoms with E-state index in [0.29, 0.717) is 22.1 Å². The van der Waals surface area contributed by atoms with E-state index in [1.807, 2.05) is 6.07 Å². The smallest absolute Gasteiger partial charge is 0.240 e. The van der Waals surface area contributed by atoms with E-state index in [-0.39, 0.29) is 11.8 Å². The topological polar surface area (TPSA) is 72.9 Å². The molecule has 0 unspecified atom stereocenters. The van der Waals surface area contributed by atoms with E-state index in [1.54, 1.807) is 23.9 Å². The van der Waals surface area contributed by atoms with Crippen LogP contribution in [0, 0.1) is 0 Å². The summed E-state index contributed by atoms with van der Waals surface area (Å²) < 4.78 is 2.01. The van der Waals surface area contributed by atoms with Gasteiger partial charge in [-0.05, 0) is 60.8 Å². The van der Waals surface area contributed by atoms with Crippen LogP contribution < -0.4 is 10.0 Å².